The second kappa shape index (κ2) is 14.4. The van der Waals surface area contributed by atoms with Crippen molar-refractivity contribution in [3.05, 3.63) is 54.1 Å². The monoisotopic (exact) mass is 657 g/mol. The first-order valence-corrected chi connectivity index (χ1v) is 16.7. The number of urea groups is 1. The van der Waals surface area contributed by atoms with Crippen molar-refractivity contribution in [2.45, 2.75) is 31.1 Å². The lowest BCUT2D eigenvalue weighted by Crippen LogP contribution is -2.44. The molecule has 0 saturated carbocycles. The van der Waals surface area contributed by atoms with Gasteiger partial charge in [-0.1, -0.05) is 0 Å². The number of nitrogens with zero attached hydrogens (tertiary/aromatic N) is 7. The smallest absolute Gasteiger partial charge is 0.323 e. The highest BCUT2D eigenvalue weighted by Gasteiger charge is 2.38. The molecule has 1 aromatic heterocycles. The van der Waals surface area contributed by atoms with Crippen molar-refractivity contribution in [1.82, 2.24) is 24.8 Å². The van der Waals surface area contributed by atoms with Crippen LogP contribution in [0, 0.1) is 0 Å². The number of morpholine rings is 1. The summed E-state index contributed by atoms with van der Waals surface area (Å²) in [6.45, 7) is 6.64. The van der Waals surface area contributed by atoms with Gasteiger partial charge in [-0.05, 0) is 75.5 Å². The molecule has 14 nitrogen and oxygen atoms in total. The molecule has 14 heteroatoms. The minimum absolute atomic E-state index is 0.00111. The van der Waals surface area contributed by atoms with Crippen molar-refractivity contribution in [3.63, 3.8) is 0 Å². The van der Waals surface area contributed by atoms with Gasteiger partial charge in [-0.25, -0.2) is 4.79 Å². The number of amides is 3. The first kappa shape index (κ1) is 32.2. The fourth-order valence-electron chi connectivity index (χ4n) is 6.62. The minimum Gasteiger partial charge on any atom is -0.378 e. The molecule has 2 aromatic carbocycles. The number of fused-ring (bicyclic) bond motifs is 1. The van der Waals surface area contributed by atoms with E-state index in [1.807, 2.05) is 29.2 Å². The van der Waals surface area contributed by atoms with Crippen LogP contribution in [0.2, 0.25) is 0 Å². The van der Waals surface area contributed by atoms with Gasteiger partial charge in [0, 0.05) is 67.8 Å². The average molecular weight is 658 g/mol. The van der Waals surface area contributed by atoms with E-state index >= 15 is 0 Å². The zero-order valence-corrected chi connectivity index (χ0v) is 27.5. The Morgan fingerprint density at radius 1 is 0.729 bits per heavy atom. The standard InChI is InChI=1S/C34H43N9O5/c1-40(2)27-11-13-41(14-12-27)31(44)24-5-9-26(10-6-24)36-34(45)35-25-7-3-23(4-8-25)30-37-32(42-15-17-46-18-16-42)39-33(38-30)43-21-28-29(22-43)48-20-19-47-28/h3-10,27-29H,11-22H2,1-2H3,(H2,35,36,45)/t28-,29-/m0/s1. The number of likely N-dealkylation sites (tertiary alicyclic amines) is 1. The molecule has 254 valence electrons. The summed E-state index contributed by atoms with van der Waals surface area (Å²) in [5, 5.41) is 5.73. The summed E-state index contributed by atoms with van der Waals surface area (Å²) in [4.78, 5) is 48.7. The lowest BCUT2D eigenvalue weighted by Gasteiger charge is -2.35. The van der Waals surface area contributed by atoms with Crippen LogP contribution in [0.25, 0.3) is 11.4 Å². The number of rotatable bonds is 7. The van der Waals surface area contributed by atoms with Crippen molar-refractivity contribution < 1.29 is 23.8 Å². The Bertz CT molecular complexity index is 1560. The van der Waals surface area contributed by atoms with Crippen LogP contribution >= 0.6 is 0 Å². The molecule has 7 rings (SSSR count). The van der Waals surface area contributed by atoms with Gasteiger partial charge in [0.2, 0.25) is 11.9 Å². The van der Waals surface area contributed by atoms with Gasteiger partial charge in [-0.2, -0.15) is 15.0 Å². The Labute approximate surface area is 280 Å². The number of carbonyl (C=O) groups excluding carboxylic acids is 2. The Morgan fingerprint density at radius 2 is 1.29 bits per heavy atom. The van der Waals surface area contributed by atoms with Gasteiger partial charge in [0.25, 0.3) is 5.91 Å². The van der Waals surface area contributed by atoms with Gasteiger partial charge in [0.1, 0.15) is 12.2 Å². The van der Waals surface area contributed by atoms with E-state index in [-0.39, 0.29) is 24.1 Å². The third kappa shape index (κ3) is 7.36. The lowest BCUT2D eigenvalue weighted by atomic mass is 10.0. The summed E-state index contributed by atoms with van der Waals surface area (Å²) in [5.41, 5.74) is 2.62. The van der Waals surface area contributed by atoms with Crippen LogP contribution in [0.3, 0.4) is 0 Å². The fraction of sp³-hybridized carbons (Fsp3) is 0.500. The van der Waals surface area contributed by atoms with E-state index < -0.39 is 0 Å². The SMILES string of the molecule is CN(C)C1CCN(C(=O)c2ccc(NC(=O)Nc3ccc(-c4nc(N5CCOCC5)nc(N5C[C@@H]6OCCO[C@H]6C5)n4)cc3)cc2)CC1. The molecule has 5 heterocycles. The maximum absolute atomic E-state index is 13.0. The quantitative estimate of drug-likeness (QED) is 0.388. The molecule has 0 spiro atoms. The molecule has 0 bridgehead atoms. The molecule has 0 radical (unpaired) electrons. The second-order valence-corrected chi connectivity index (χ2v) is 12.8. The normalized spacial score (nSPS) is 21.7. The summed E-state index contributed by atoms with van der Waals surface area (Å²) in [5.74, 6) is 1.77. The number of aromatic nitrogens is 3. The number of hydrogen-bond acceptors (Lipinski definition) is 11. The highest BCUT2D eigenvalue weighted by Crippen LogP contribution is 2.28. The van der Waals surface area contributed by atoms with E-state index in [1.165, 1.54) is 0 Å². The number of piperidine rings is 1. The summed E-state index contributed by atoms with van der Waals surface area (Å²) in [6, 6.07) is 14.6. The van der Waals surface area contributed by atoms with Gasteiger partial charge in [0.15, 0.2) is 5.82 Å². The molecule has 4 aliphatic rings. The Kier molecular flexibility index (Phi) is 9.66. The van der Waals surface area contributed by atoms with E-state index in [0.29, 0.717) is 93.3 Å². The number of ether oxygens (including phenoxy) is 3. The lowest BCUT2D eigenvalue weighted by molar-refractivity contribution is -0.116. The first-order valence-electron chi connectivity index (χ1n) is 16.7. The van der Waals surface area contributed by atoms with Crippen molar-refractivity contribution in [2.75, 3.05) is 100 Å². The molecule has 0 aliphatic carbocycles. The van der Waals surface area contributed by atoms with Crippen molar-refractivity contribution in [3.8, 4) is 11.4 Å². The van der Waals surface area contributed by atoms with Crippen LogP contribution in [0.4, 0.5) is 28.1 Å². The van der Waals surface area contributed by atoms with Crippen LogP contribution in [0.15, 0.2) is 48.5 Å². The number of carbonyl (C=O) groups is 2. The average Bonchev–Trinajstić information content (AvgIpc) is 3.57. The van der Waals surface area contributed by atoms with Crippen molar-refractivity contribution in [1.29, 1.82) is 0 Å². The minimum atomic E-state index is -0.385. The van der Waals surface area contributed by atoms with Crippen LogP contribution in [0.1, 0.15) is 23.2 Å². The Hall–Kier alpha value is -4.37. The van der Waals surface area contributed by atoms with E-state index in [2.05, 4.69) is 39.4 Å². The van der Waals surface area contributed by atoms with Gasteiger partial charge in [-0.3, -0.25) is 4.79 Å². The summed E-state index contributed by atoms with van der Waals surface area (Å²) in [7, 11) is 4.17. The van der Waals surface area contributed by atoms with E-state index in [1.54, 1.807) is 24.3 Å². The van der Waals surface area contributed by atoms with Gasteiger partial charge < -0.3 is 44.4 Å². The molecule has 48 heavy (non-hydrogen) atoms. The first-order chi connectivity index (χ1) is 23.4. The van der Waals surface area contributed by atoms with Crippen LogP contribution < -0.4 is 20.4 Å². The summed E-state index contributed by atoms with van der Waals surface area (Å²) >= 11 is 0. The molecule has 0 unspecified atom stereocenters. The molecular formula is C34H43N9O5. The fourth-order valence-corrected chi connectivity index (χ4v) is 6.62. The molecule has 2 atom stereocenters. The molecular weight excluding hydrogens is 614 g/mol. The van der Waals surface area contributed by atoms with Crippen molar-refractivity contribution >= 4 is 35.2 Å². The predicted octanol–water partition coefficient (Wildman–Crippen LogP) is 2.79. The third-order valence-electron chi connectivity index (χ3n) is 9.42. The zero-order chi connectivity index (χ0) is 33.0. The summed E-state index contributed by atoms with van der Waals surface area (Å²) < 4.78 is 17.4. The van der Waals surface area contributed by atoms with E-state index in [9.17, 15) is 9.59 Å². The van der Waals surface area contributed by atoms with Crippen LogP contribution in [-0.2, 0) is 14.2 Å². The molecule has 4 fully saturated rings. The maximum Gasteiger partial charge on any atom is 0.323 e. The van der Waals surface area contributed by atoms with Gasteiger partial charge in [0.05, 0.1) is 26.4 Å². The van der Waals surface area contributed by atoms with Crippen molar-refractivity contribution in [2.24, 2.45) is 0 Å². The van der Waals surface area contributed by atoms with Crippen LogP contribution in [0.5, 0.6) is 0 Å². The topological polar surface area (TPSA) is 138 Å². The number of nitrogens with one attached hydrogen (secondary N) is 2. The molecule has 3 amide bonds. The summed E-state index contributed by atoms with van der Waals surface area (Å²) in [6.07, 6.45) is 1.94. The largest absolute Gasteiger partial charge is 0.378 e. The number of anilines is 4. The third-order valence-corrected chi connectivity index (χ3v) is 9.42. The van der Waals surface area contributed by atoms with E-state index in [4.69, 9.17) is 29.2 Å². The molecule has 3 aromatic rings. The number of hydrogen-bond donors (Lipinski definition) is 2. The van der Waals surface area contributed by atoms with Crippen LogP contribution in [-0.4, -0.2) is 135 Å². The molecule has 4 aliphatic heterocycles. The molecule has 4 saturated heterocycles. The maximum atomic E-state index is 13.0. The second-order valence-electron chi connectivity index (χ2n) is 12.8. The highest BCUT2D eigenvalue weighted by atomic mass is 16.6. The molecule has 2 N–H and O–H groups in total. The zero-order valence-electron chi connectivity index (χ0n) is 27.5. The highest BCUT2D eigenvalue weighted by molar-refractivity contribution is 6.00. The van der Waals surface area contributed by atoms with Gasteiger partial charge in [-0.15, -0.1) is 0 Å². The Morgan fingerprint density at radius 3 is 1.88 bits per heavy atom. The predicted molar refractivity (Wildman–Crippen MR) is 182 cm³/mol. The van der Waals surface area contributed by atoms with E-state index in [0.717, 1.165) is 31.5 Å². The number of benzene rings is 2. The Balaban J connectivity index is 0.988. The van der Waals surface area contributed by atoms with Gasteiger partial charge >= 0.3 is 6.03 Å².